The number of ether oxygens (including phenoxy) is 1. The lowest BCUT2D eigenvalue weighted by Crippen LogP contribution is -2.44. The number of morpholine rings is 1. The molecule has 1 amide bonds. The normalized spacial score (nSPS) is 21.6. The summed E-state index contributed by atoms with van der Waals surface area (Å²) in [6, 6.07) is 3.69. The Kier molecular flexibility index (Phi) is 6.39. The number of aromatic nitrogens is 2. The minimum Gasteiger partial charge on any atom is -0.379 e. The maximum atomic E-state index is 12.8. The molecule has 2 saturated heterocycles. The number of carbonyl (C=O) groups excluding carboxylic acids is 1. The molecule has 29 heavy (non-hydrogen) atoms. The first-order valence-electron chi connectivity index (χ1n) is 10.4. The van der Waals surface area contributed by atoms with E-state index >= 15 is 0 Å². The Morgan fingerprint density at radius 3 is 2.79 bits per heavy atom. The van der Waals surface area contributed by atoms with Gasteiger partial charge in [-0.25, -0.2) is 4.98 Å². The van der Waals surface area contributed by atoms with E-state index in [9.17, 15) is 4.79 Å². The molecule has 1 atom stereocenters. The van der Waals surface area contributed by atoms with E-state index in [1.165, 1.54) is 12.8 Å². The summed E-state index contributed by atoms with van der Waals surface area (Å²) in [6.45, 7) is 7.67. The molecule has 2 aromatic heterocycles. The Morgan fingerprint density at radius 1 is 1.24 bits per heavy atom. The van der Waals surface area contributed by atoms with Crippen molar-refractivity contribution in [3.05, 3.63) is 34.7 Å². The standard InChI is InChI=1S/C21H30ClN5O2/c1-24(2)21(28)20-18(27-14-17(22)5-6-19(27)23-20)15-26-7-3-4-16(13-26)12-25-8-10-29-11-9-25/h5-6,14,16H,3-4,7-13,15H2,1-2H3. The van der Waals surface area contributed by atoms with Gasteiger partial charge in [0.1, 0.15) is 5.65 Å². The molecule has 0 aromatic carbocycles. The van der Waals surface area contributed by atoms with Gasteiger partial charge in [0, 0.05) is 53.0 Å². The highest BCUT2D eigenvalue weighted by Gasteiger charge is 2.27. The van der Waals surface area contributed by atoms with Crippen LogP contribution in [0.15, 0.2) is 18.3 Å². The number of pyridine rings is 1. The van der Waals surface area contributed by atoms with Gasteiger partial charge in [0.2, 0.25) is 0 Å². The van der Waals surface area contributed by atoms with Gasteiger partial charge < -0.3 is 14.0 Å². The van der Waals surface area contributed by atoms with Gasteiger partial charge in [-0.3, -0.25) is 14.6 Å². The smallest absolute Gasteiger partial charge is 0.273 e. The Hall–Kier alpha value is -1.67. The minimum absolute atomic E-state index is 0.0679. The van der Waals surface area contributed by atoms with Crippen LogP contribution in [0.4, 0.5) is 0 Å². The highest BCUT2D eigenvalue weighted by molar-refractivity contribution is 6.30. The minimum atomic E-state index is -0.0679. The molecule has 2 fully saturated rings. The number of amides is 1. The molecule has 0 radical (unpaired) electrons. The monoisotopic (exact) mass is 419 g/mol. The number of rotatable bonds is 5. The van der Waals surface area contributed by atoms with Crippen LogP contribution in [0.3, 0.4) is 0 Å². The van der Waals surface area contributed by atoms with Crippen molar-refractivity contribution < 1.29 is 9.53 Å². The van der Waals surface area contributed by atoms with Crippen LogP contribution in [0.25, 0.3) is 5.65 Å². The number of fused-ring (bicyclic) bond motifs is 1. The fourth-order valence-corrected chi connectivity index (χ4v) is 4.57. The van der Waals surface area contributed by atoms with Crippen LogP contribution in [0.2, 0.25) is 5.02 Å². The fraction of sp³-hybridized carbons (Fsp3) is 0.619. The Balaban J connectivity index is 1.53. The lowest BCUT2D eigenvalue weighted by atomic mass is 9.97. The van der Waals surface area contributed by atoms with Gasteiger partial charge in [0.05, 0.1) is 23.9 Å². The first kappa shape index (κ1) is 20.6. The second-order valence-electron chi connectivity index (χ2n) is 8.34. The largest absolute Gasteiger partial charge is 0.379 e. The molecule has 2 aliphatic rings. The molecule has 4 rings (SSSR count). The summed E-state index contributed by atoms with van der Waals surface area (Å²) >= 11 is 6.24. The summed E-state index contributed by atoms with van der Waals surface area (Å²) in [4.78, 5) is 24.0. The molecule has 1 unspecified atom stereocenters. The first-order valence-corrected chi connectivity index (χ1v) is 10.8. The van der Waals surface area contributed by atoms with Gasteiger partial charge in [0.15, 0.2) is 5.69 Å². The second kappa shape index (κ2) is 9.00. The highest BCUT2D eigenvalue weighted by Crippen LogP contribution is 2.23. The zero-order valence-electron chi connectivity index (χ0n) is 17.3. The van der Waals surface area contributed by atoms with Crippen LogP contribution < -0.4 is 0 Å². The molecule has 2 aromatic rings. The average Bonchev–Trinajstić information content (AvgIpc) is 3.06. The molecule has 4 heterocycles. The van der Waals surface area contributed by atoms with E-state index < -0.39 is 0 Å². The Morgan fingerprint density at radius 2 is 2.03 bits per heavy atom. The number of piperidine rings is 1. The third-order valence-corrected chi connectivity index (χ3v) is 6.11. The summed E-state index contributed by atoms with van der Waals surface area (Å²) in [5, 5.41) is 0.642. The number of carbonyl (C=O) groups is 1. The predicted octanol–water partition coefficient (Wildman–Crippen LogP) is 2.23. The van der Waals surface area contributed by atoms with Crippen molar-refractivity contribution >= 4 is 23.2 Å². The molecule has 0 N–H and O–H groups in total. The topological polar surface area (TPSA) is 53.3 Å². The molecule has 8 heteroatoms. The number of imidazole rings is 1. The summed E-state index contributed by atoms with van der Waals surface area (Å²) in [6.07, 6.45) is 4.31. The SMILES string of the molecule is CN(C)C(=O)c1nc2ccc(Cl)cn2c1CN1CCCC(CN2CCOCC2)C1. The molecule has 2 aliphatic heterocycles. The third kappa shape index (κ3) is 4.74. The molecule has 0 saturated carbocycles. The van der Waals surface area contributed by atoms with Crippen molar-refractivity contribution in [1.82, 2.24) is 24.1 Å². The quantitative estimate of drug-likeness (QED) is 0.743. The van der Waals surface area contributed by atoms with Crippen molar-refractivity contribution in [2.75, 3.05) is 60.0 Å². The Labute approximate surface area is 177 Å². The van der Waals surface area contributed by atoms with Gasteiger partial charge in [0.25, 0.3) is 5.91 Å². The maximum absolute atomic E-state index is 12.8. The highest BCUT2D eigenvalue weighted by atomic mass is 35.5. The van der Waals surface area contributed by atoms with Crippen LogP contribution in [0.5, 0.6) is 0 Å². The van der Waals surface area contributed by atoms with E-state index in [1.54, 1.807) is 19.0 Å². The van der Waals surface area contributed by atoms with E-state index in [-0.39, 0.29) is 5.91 Å². The van der Waals surface area contributed by atoms with Crippen LogP contribution in [0, 0.1) is 5.92 Å². The van der Waals surface area contributed by atoms with Gasteiger partial charge in [-0.2, -0.15) is 0 Å². The van der Waals surface area contributed by atoms with Gasteiger partial charge in [-0.15, -0.1) is 0 Å². The van der Waals surface area contributed by atoms with E-state index in [0.29, 0.717) is 23.2 Å². The number of nitrogens with zero attached hydrogens (tertiary/aromatic N) is 5. The second-order valence-corrected chi connectivity index (χ2v) is 8.77. The Bertz CT molecular complexity index is 862. The van der Waals surface area contributed by atoms with Crippen LogP contribution in [-0.2, 0) is 11.3 Å². The van der Waals surface area contributed by atoms with Crippen LogP contribution in [0.1, 0.15) is 29.0 Å². The summed E-state index contributed by atoms with van der Waals surface area (Å²) < 4.78 is 7.45. The van der Waals surface area contributed by atoms with Crippen LogP contribution in [-0.4, -0.2) is 90.0 Å². The molecule has 7 nitrogen and oxygen atoms in total. The molecule has 158 valence electrons. The van der Waals surface area contributed by atoms with Crippen molar-refractivity contribution in [2.24, 2.45) is 5.92 Å². The van der Waals surface area contributed by atoms with Crippen molar-refractivity contribution in [3.63, 3.8) is 0 Å². The van der Waals surface area contributed by atoms with Crippen molar-refractivity contribution in [1.29, 1.82) is 0 Å². The molecule has 0 aliphatic carbocycles. The summed E-state index contributed by atoms with van der Waals surface area (Å²) in [5.41, 5.74) is 2.21. The molecular formula is C21H30ClN5O2. The number of halogens is 1. The van der Waals surface area contributed by atoms with E-state index in [0.717, 1.165) is 57.3 Å². The molecule has 0 spiro atoms. The zero-order chi connectivity index (χ0) is 20.4. The molecule has 0 bridgehead atoms. The van der Waals surface area contributed by atoms with Crippen LogP contribution >= 0.6 is 11.6 Å². The van der Waals surface area contributed by atoms with E-state index in [4.69, 9.17) is 16.3 Å². The number of likely N-dealkylation sites (tertiary alicyclic amines) is 1. The summed E-state index contributed by atoms with van der Waals surface area (Å²) in [5.74, 6) is 0.583. The first-order chi connectivity index (χ1) is 14.0. The van der Waals surface area contributed by atoms with E-state index in [2.05, 4.69) is 14.8 Å². The van der Waals surface area contributed by atoms with Gasteiger partial charge in [-0.1, -0.05) is 11.6 Å². The fourth-order valence-electron chi connectivity index (χ4n) is 4.41. The molecular weight excluding hydrogens is 390 g/mol. The lowest BCUT2D eigenvalue weighted by molar-refractivity contribution is 0.0223. The van der Waals surface area contributed by atoms with Gasteiger partial charge >= 0.3 is 0 Å². The summed E-state index contributed by atoms with van der Waals surface area (Å²) in [7, 11) is 3.53. The van der Waals surface area contributed by atoms with Gasteiger partial charge in [-0.05, 0) is 37.4 Å². The zero-order valence-corrected chi connectivity index (χ0v) is 18.1. The maximum Gasteiger partial charge on any atom is 0.273 e. The number of hydrogen-bond acceptors (Lipinski definition) is 5. The lowest BCUT2D eigenvalue weighted by Gasteiger charge is -2.36. The number of hydrogen-bond donors (Lipinski definition) is 0. The van der Waals surface area contributed by atoms with Crippen molar-refractivity contribution in [3.8, 4) is 0 Å². The van der Waals surface area contributed by atoms with Crippen molar-refractivity contribution in [2.45, 2.75) is 19.4 Å². The predicted molar refractivity (Wildman–Crippen MR) is 113 cm³/mol. The third-order valence-electron chi connectivity index (χ3n) is 5.89. The van der Waals surface area contributed by atoms with E-state index in [1.807, 2.05) is 22.7 Å². The average molecular weight is 420 g/mol.